The Hall–Kier alpha value is -8.34. The molecule has 0 saturated carbocycles. The molecule has 288 valence electrons. The van der Waals surface area contributed by atoms with Gasteiger partial charge in [0.15, 0.2) is 0 Å². The number of aromatic nitrogens is 2. The Morgan fingerprint density at radius 1 is 0.323 bits per heavy atom. The molecule has 10 aromatic carbocycles. The predicted octanol–water partition coefficient (Wildman–Crippen LogP) is 16.1. The second-order valence-corrected chi connectivity index (χ2v) is 16.5. The molecule has 0 amide bonds. The minimum atomic E-state index is 0.862. The molecule has 0 spiro atoms. The average molecular weight is 790 g/mol. The zero-order valence-corrected chi connectivity index (χ0v) is 33.5. The minimum absolute atomic E-state index is 0.862. The number of hydrogen-bond acceptors (Lipinski definition) is 2. The molecular formula is C58H35N3O. The molecule has 0 aliphatic rings. The summed E-state index contributed by atoms with van der Waals surface area (Å²) in [5, 5.41) is 9.77. The lowest BCUT2D eigenvalue weighted by Crippen LogP contribution is -2.10. The highest BCUT2D eigenvalue weighted by molar-refractivity contribution is 6.25. The van der Waals surface area contributed by atoms with Crippen molar-refractivity contribution in [2.75, 3.05) is 4.90 Å². The summed E-state index contributed by atoms with van der Waals surface area (Å²) in [6, 6.07) is 77.2. The molecule has 0 atom stereocenters. The van der Waals surface area contributed by atoms with E-state index in [9.17, 15) is 0 Å². The first-order chi connectivity index (χ1) is 30.8. The van der Waals surface area contributed by atoms with Crippen LogP contribution in [-0.4, -0.2) is 8.80 Å². The zero-order chi connectivity index (χ0) is 40.5. The Morgan fingerprint density at radius 2 is 0.855 bits per heavy atom. The predicted molar refractivity (Wildman–Crippen MR) is 260 cm³/mol. The Morgan fingerprint density at radius 3 is 1.56 bits per heavy atom. The number of fused-ring (bicyclic) bond motifs is 13. The van der Waals surface area contributed by atoms with Gasteiger partial charge in [-0.2, -0.15) is 0 Å². The minimum Gasteiger partial charge on any atom is -0.456 e. The van der Waals surface area contributed by atoms with Crippen LogP contribution >= 0.6 is 0 Å². The van der Waals surface area contributed by atoms with Crippen molar-refractivity contribution in [3.63, 3.8) is 0 Å². The van der Waals surface area contributed by atoms with E-state index >= 15 is 0 Å². The summed E-state index contributed by atoms with van der Waals surface area (Å²) in [5.74, 6) is 0. The van der Waals surface area contributed by atoms with Crippen LogP contribution in [0.1, 0.15) is 0 Å². The van der Waals surface area contributed by atoms with Gasteiger partial charge in [-0.1, -0.05) is 146 Å². The lowest BCUT2D eigenvalue weighted by atomic mass is 9.91. The third-order valence-electron chi connectivity index (χ3n) is 13.2. The maximum atomic E-state index is 6.52. The van der Waals surface area contributed by atoms with Gasteiger partial charge < -0.3 is 18.1 Å². The van der Waals surface area contributed by atoms with E-state index in [2.05, 4.69) is 214 Å². The fraction of sp³-hybridized carbons (Fsp3) is 0. The van der Waals surface area contributed by atoms with Gasteiger partial charge in [0.05, 0.1) is 33.1 Å². The maximum absolute atomic E-state index is 6.52. The molecule has 4 heterocycles. The fourth-order valence-corrected chi connectivity index (χ4v) is 10.6. The summed E-state index contributed by atoms with van der Waals surface area (Å²) in [7, 11) is 0. The number of benzene rings is 10. The van der Waals surface area contributed by atoms with Crippen molar-refractivity contribution in [3.05, 3.63) is 212 Å². The second-order valence-electron chi connectivity index (χ2n) is 16.5. The summed E-state index contributed by atoms with van der Waals surface area (Å²) in [4.78, 5) is 2.38. The first-order valence-corrected chi connectivity index (χ1v) is 21.3. The van der Waals surface area contributed by atoms with Crippen molar-refractivity contribution < 1.29 is 4.42 Å². The molecule has 62 heavy (non-hydrogen) atoms. The highest BCUT2D eigenvalue weighted by atomic mass is 16.3. The van der Waals surface area contributed by atoms with E-state index in [0.29, 0.717) is 0 Å². The number of hydrogen-bond donors (Lipinski definition) is 0. The van der Waals surface area contributed by atoms with Gasteiger partial charge >= 0.3 is 0 Å². The Labute approximate surface area is 355 Å². The standard InChI is InChI=1S/C58H35N3O/c1-2-12-36(13-3-1)42-19-10-14-38-15-11-20-43(56(38)42)37-24-26-39(27-25-37)59(41-28-30-47-46-18-6-9-23-54(46)62-55(47)35-41)40-29-33-52-53(34-40)61-51-22-8-5-17-45(51)49-32-31-48-44-16-4-7-21-50(44)60(52)57(48)58(49)61/h1-35H. The molecule has 0 bridgehead atoms. The molecule has 0 fully saturated rings. The van der Waals surface area contributed by atoms with Crippen molar-refractivity contribution >= 4 is 104 Å². The van der Waals surface area contributed by atoms with Crippen LogP contribution in [0.5, 0.6) is 0 Å². The van der Waals surface area contributed by atoms with Gasteiger partial charge in [-0.3, -0.25) is 0 Å². The Balaban J connectivity index is 1.02. The maximum Gasteiger partial charge on any atom is 0.137 e. The molecule has 0 unspecified atom stereocenters. The molecule has 0 N–H and O–H groups in total. The molecule has 4 nitrogen and oxygen atoms in total. The van der Waals surface area contributed by atoms with Crippen molar-refractivity contribution in [2.24, 2.45) is 0 Å². The van der Waals surface area contributed by atoms with Gasteiger partial charge in [-0.25, -0.2) is 0 Å². The third-order valence-corrected chi connectivity index (χ3v) is 13.2. The largest absolute Gasteiger partial charge is 0.456 e. The monoisotopic (exact) mass is 789 g/mol. The first-order valence-electron chi connectivity index (χ1n) is 21.3. The number of furan rings is 1. The van der Waals surface area contributed by atoms with Gasteiger partial charge in [0.2, 0.25) is 0 Å². The van der Waals surface area contributed by atoms with Gasteiger partial charge in [0, 0.05) is 55.4 Å². The van der Waals surface area contributed by atoms with Crippen molar-refractivity contribution in [3.8, 4) is 22.3 Å². The quantitative estimate of drug-likeness (QED) is 0.162. The molecular weight excluding hydrogens is 755 g/mol. The smallest absolute Gasteiger partial charge is 0.137 e. The third kappa shape index (κ3) is 4.61. The van der Waals surface area contributed by atoms with Crippen LogP contribution in [0.15, 0.2) is 217 Å². The number of anilines is 3. The van der Waals surface area contributed by atoms with Gasteiger partial charge in [0.25, 0.3) is 0 Å². The number of nitrogens with zero attached hydrogens (tertiary/aromatic N) is 3. The van der Waals surface area contributed by atoms with E-state index in [0.717, 1.165) is 50.0 Å². The van der Waals surface area contributed by atoms with Crippen molar-refractivity contribution in [2.45, 2.75) is 0 Å². The number of rotatable bonds is 5. The van der Waals surface area contributed by atoms with E-state index in [1.807, 2.05) is 12.1 Å². The average Bonchev–Trinajstić information content (AvgIpc) is 4.00. The van der Waals surface area contributed by atoms with E-state index in [1.54, 1.807) is 0 Å². The summed E-state index contributed by atoms with van der Waals surface area (Å²) in [5.41, 5.74) is 16.9. The Bertz CT molecular complexity index is 4090. The van der Waals surface area contributed by atoms with Gasteiger partial charge in [0.1, 0.15) is 11.2 Å². The first kappa shape index (κ1) is 33.5. The van der Waals surface area contributed by atoms with E-state index in [4.69, 9.17) is 4.42 Å². The normalized spacial score (nSPS) is 12.2. The van der Waals surface area contributed by atoms with E-state index in [1.165, 1.54) is 76.6 Å². The topological polar surface area (TPSA) is 25.2 Å². The van der Waals surface area contributed by atoms with Crippen LogP contribution in [0, 0.1) is 0 Å². The van der Waals surface area contributed by atoms with E-state index in [-0.39, 0.29) is 0 Å². The van der Waals surface area contributed by atoms with E-state index < -0.39 is 0 Å². The van der Waals surface area contributed by atoms with Crippen LogP contribution in [0.25, 0.3) is 110 Å². The summed E-state index contributed by atoms with van der Waals surface area (Å²) in [6.45, 7) is 0. The molecule has 4 aromatic heterocycles. The molecule has 0 aliphatic heterocycles. The van der Waals surface area contributed by atoms with Crippen LogP contribution in [0.3, 0.4) is 0 Å². The van der Waals surface area contributed by atoms with Gasteiger partial charge in [-0.15, -0.1) is 0 Å². The highest BCUT2D eigenvalue weighted by Gasteiger charge is 2.23. The zero-order valence-electron chi connectivity index (χ0n) is 33.5. The lowest BCUT2D eigenvalue weighted by Gasteiger charge is -2.26. The second kappa shape index (κ2) is 12.6. The fourth-order valence-electron chi connectivity index (χ4n) is 10.6. The molecule has 14 aromatic rings. The van der Waals surface area contributed by atoms with Gasteiger partial charge in [-0.05, 0) is 93.7 Å². The molecule has 0 aliphatic carbocycles. The molecule has 14 rings (SSSR count). The SMILES string of the molecule is c1ccc(-c2cccc3cccc(-c4ccc(N(c5ccc6c(c5)oc5ccccc56)c5ccc6c(c5)n5c7ccccc7c7ccc8c9ccccc9n6c8c75)cc4)c23)cc1. The summed E-state index contributed by atoms with van der Waals surface area (Å²) >= 11 is 0. The van der Waals surface area contributed by atoms with Crippen molar-refractivity contribution in [1.29, 1.82) is 0 Å². The molecule has 0 radical (unpaired) electrons. The molecule has 0 saturated heterocycles. The Kier molecular flexibility index (Phi) is 6.80. The van der Waals surface area contributed by atoms with Crippen molar-refractivity contribution in [1.82, 2.24) is 8.80 Å². The summed E-state index contributed by atoms with van der Waals surface area (Å²) in [6.07, 6.45) is 0. The van der Waals surface area contributed by atoms with Crippen LogP contribution < -0.4 is 4.90 Å². The highest BCUT2D eigenvalue weighted by Crippen LogP contribution is 2.45. The number of para-hydroxylation sites is 3. The summed E-state index contributed by atoms with van der Waals surface area (Å²) < 4.78 is 11.5. The molecule has 4 heteroatoms. The lowest BCUT2D eigenvalue weighted by molar-refractivity contribution is 0.669. The van der Waals surface area contributed by atoms with Crippen LogP contribution in [0.2, 0.25) is 0 Å². The van der Waals surface area contributed by atoms with Crippen LogP contribution in [0.4, 0.5) is 17.1 Å². The van der Waals surface area contributed by atoms with Crippen LogP contribution in [-0.2, 0) is 0 Å².